The van der Waals surface area contributed by atoms with Crippen LogP contribution in [0.3, 0.4) is 0 Å². The van der Waals surface area contributed by atoms with E-state index in [1.165, 1.54) is 24.1 Å². The molecule has 1 saturated heterocycles. The number of ketones is 1. The van der Waals surface area contributed by atoms with Gasteiger partial charge in [0.05, 0.1) is 29.3 Å². The lowest BCUT2D eigenvalue weighted by atomic mass is 9.94. The molecule has 1 fully saturated rings. The van der Waals surface area contributed by atoms with Gasteiger partial charge in [-0.05, 0) is 65.9 Å². The standard InChI is InChI=1S/C28H26ClNO5/c1-15(2)17-5-9-19(10-6-17)30-24(18-7-11-20(31)12-8-18)23(26(33)28(30)34)25(32)21-13-16(3)14-22(29)27(21)35-4/h5-15,24,31-32H,1-4H3/b25-23+. The molecule has 180 valence electrons. The molecule has 0 radical (unpaired) electrons. The Hall–Kier alpha value is -3.77. The third-order valence-electron chi connectivity index (χ3n) is 6.14. The Morgan fingerprint density at radius 2 is 1.66 bits per heavy atom. The molecule has 1 atom stereocenters. The number of aryl methyl sites for hydroxylation is 1. The zero-order valence-corrected chi connectivity index (χ0v) is 20.6. The number of carbonyl (C=O) groups excluding carboxylic acids is 2. The van der Waals surface area contributed by atoms with E-state index in [0.717, 1.165) is 11.1 Å². The minimum Gasteiger partial charge on any atom is -0.508 e. The first-order chi connectivity index (χ1) is 16.6. The number of rotatable bonds is 5. The molecular weight excluding hydrogens is 466 g/mol. The Morgan fingerprint density at radius 1 is 1.03 bits per heavy atom. The van der Waals surface area contributed by atoms with E-state index >= 15 is 0 Å². The van der Waals surface area contributed by atoms with Gasteiger partial charge in [-0.1, -0.05) is 49.7 Å². The molecule has 1 unspecified atom stereocenters. The number of halogens is 1. The lowest BCUT2D eigenvalue weighted by Crippen LogP contribution is -2.29. The Bertz CT molecular complexity index is 1330. The molecule has 1 aliphatic heterocycles. The van der Waals surface area contributed by atoms with Crippen LogP contribution in [0.1, 0.15) is 48.1 Å². The summed E-state index contributed by atoms with van der Waals surface area (Å²) in [6.45, 7) is 5.94. The van der Waals surface area contributed by atoms with Gasteiger partial charge in [-0.3, -0.25) is 14.5 Å². The van der Waals surface area contributed by atoms with Gasteiger partial charge in [-0.2, -0.15) is 0 Å². The second kappa shape index (κ2) is 9.47. The molecule has 0 aliphatic carbocycles. The second-order valence-corrected chi connectivity index (χ2v) is 9.24. The molecule has 0 aromatic heterocycles. The lowest BCUT2D eigenvalue weighted by molar-refractivity contribution is -0.132. The van der Waals surface area contributed by atoms with Crippen LogP contribution in [0.2, 0.25) is 5.02 Å². The van der Waals surface area contributed by atoms with Gasteiger partial charge < -0.3 is 14.9 Å². The molecule has 35 heavy (non-hydrogen) atoms. The van der Waals surface area contributed by atoms with E-state index in [1.54, 1.807) is 43.3 Å². The smallest absolute Gasteiger partial charge is 0.300 e. The number of ether oxygens (including phenoxy) is 1. The van der Waals surface area contributed by atoms with Crippen molar-refractivity contribution in [2.45, 2.75) is 32.7 Å². The normalized spacial score (nSPS) is 17.3. The molecular formula is C28H26ClNO5. The number of phenolic OH excluding ortho intramolecular Hbond substituents is 1. The zero-order chi connectivity index (χ0) is 25.4. The highest BCUT2D eigenvalue weighted by Crippen LogP contribution is 2.44. The molecule has 6 nitrogen and oxygen atoms in total. The maximum atomic E-state index is 13.4. The maximum absolute atomic E-state index is 13.4. The van der Waals surface area contributed by atoms with Crippen molar-refractivity contribution in [3.8, 4) is 11.5 Å². The van der Waals surface area contributed by atoms with Gasteiger partial charge in [0.2, 0.25) is 0 Å². The number of Topliss-reactive ketones (excluding diaryl/α,β-unsaturated/α-hetero) is 1. The summed E-state index contributed by atoms with van der Waals surface area (Å²) in [4.78, 5) is 28.1. The summed E-state index contributed by atoms with van der Waals surface area (Å²) >= 11 is 6.34. The van der Waals surface area contributed by atoms with Gasteiger partial charge in [0.25, 0.3) is 11.7 Å². The van der Waals surface area contributed by atoms with Crippen molar-refractivity contribution in [2.24, 2.45) is 0 Å². The Kier molecular flexibility index (Phi) is 6.59. The van der Waals surface area contributed by atoms with Gasteiger partial charge in [0.1, 0.15) is 17.3 Å². The first kappa shape index (κ1) is 24.4. The summed E-state index contributed by atoms with van der Waals surface area (Å²) in [7, 11) is 1.42. The highest BCUT2D eigenvalue weighted by atomic mass is 35.5. The summed E-state index contributed by atoms with van der Waals surface area (Å²) in [6.07, 6.45) is 0. The first-order valence-corrected chi connectivity index (χ1v) is 11.6. The summed E-state index contributed by atoms with van der Waals surface area (Å²) in [5, 5.41) is 21.5. The number of carbonyl (C=O) groups is 2. The number of phenols is 1. The summed E-state index contributed by atoms with van der Waals surface area (Å²) in [6, 6.07) is 16.0. The molecule has 2 N–H and O–H groups in total. The summed E-state index contributed by atoms with van der Waals surface area (Å²) in [5.74, 6) is -1.44. The van der Waals surface area contributed by atoms with Crippen LogP contribution in [-0.4, -0.2) is 29.0 Å². The topological polar surface area (TPSA) is 87.1 Å². The fourth-order valence-corrected chi connectivity index (χ4v) is 4.70. The minimum absolute atomic E-state index is 0.0409. The SMILES string of the molecule is COc1c(Cl)cc(C)cc1/C(O)=C1\C(=O)C(=O)N(c2ccc(C(C)C)cc2)C1c1ccc(O)cc1. The first-order valence-electron chi connectivity index (χ1n) is 11.2. The Labute approximate surface area is 209 Å². The predicted molar refractivity (Wildman–Crippen MR) is 136 cm³/mol. The van der Waals surface area contributed by atoms with E-state index in [-0.39, 0.29) is 33.4 Å². The van der Waals surface area contributed by atoms with Crippen LogP contribution in [0, 0.1) is 6.92 Å². The van der Waals surface area contributed by atoms with E-state index in [2.05, 4.69) is 13.8 Å². The molecule has 3 aromatic rings. The number of benzene rings is 3. The molecule has 1 heterocycles. The summed E-state index contributed by atoms with van der Waals surface area (Å²) < 4.78 is 5.41. The minimum atomic E-state index is -0.926. The summed E-state index contributed by atoms with van der Waals surface area (Å²) in [5.41, 5.74) is 3.03. The largest absolute Gasteiger partial charge is 0.508 e. The number of methoxy groups -OCH3 is 1. The molecule has 3 aromatic carbocycles. The number of amides is 1. The quantitative estimate of drug-likeness (QED) is 0.255. The molecule has 7 heteroatoms. The number of aliphatic hydroxyl groups is 1. The zero-order valence-electron chi connectivity index (χ0n) is 19.9. The van der Waals surface area contributed by atoms with Gasteiger partial charge >= 0.3 is 0 Å². The third-order valence-corrected chi connectivity index (χ3v) is 6.42. The number of nitrogens with zero attached hydrogens (tertiary/aromatic N) is 1. The fourth-order valence-electron chi connectivity index (χ4n) is 4.35. The number of hydrogen-bond donors (Lipinski definition) is 2. The van der Waals surface area contributed by atoms with E-state index in [0.29, 0.717) is 17.2 Å². The lowest BCUT2D eigenvalue weighted by Gasteiger charge is -2.26. The van der Waals surface area contributed by atoms with Gasteiger partial charge in [0, 0.05) is 5.69 Å². The van der Waals surface area contributed by atoms with Gasteiger partial charge in [-0.25, -0.2) is 0 Å². The van der Waals surface area contributed by atoms with Crippen molar-refractivity contribution in [3.63, 3.8) is 0 Å². The van der Waals surface area contributed by atoms with Crippen molar-refractivity contribution >= 4 is 34.7 Å². The van der Waals surface area contributed by atoms with Crippen LogP contribution in [-0.2, 0) is 9.59 Å². The monoisotopic (exact) mass is 491 g/mol. The number of aromatic hydroxyl groups is 1. The number of aliphatic hydroxyl groups excluding tert-OH is 1. The van der Waals surface area contributed by atoms with Crippen molar-refractivity contribution < 1.29 is 24.5 Å². The van der Waals surface area contributed by atoms with E-state index in [9.17, 15) is 19.8 Å². The van der Waals surface area contributed by atoms with Crippen LogP contribution in [0.4, 0.5) is 5.69 Å². The van der Waals surface area contributed by atoms with Crippen LogP contribution in [0.5, 0.6) is 11.5 Å². The molecule has 1 amide bonds. The predicted octanol–water partition coefficient (Wildman–Crippen LogP) is 6.11. The van der Waals surface area contributed by atoms with Crippen LogP contribution in [0.25, 0.3) is 5.76 Å². The number of hydrogen-bond acceptors (Lipinski definition) is 5. The maximum Gasteiger partial charge on any atom is 0.300 e. The molecule has 0 spiro atoms. The molecule has 0 saturated carbocycles. The van der Waals surface area contributed by atoms with Crippen molar-refractivity contribution in [2.75, 3.05) is 12.0 Å². The average Bonchev–Trinajstić information content (AvgIpc) is 3.09. The molecule has 0 bridgehead atoms. The van der Waals surface area contributed by atoms with E-state index in [1.807, 2.05) is 12.1 Å². The highest BCUT2D eigenvalue weighted by molar-refractivity contribution is 6.51. The Balaban J connectivity index is 1.97. The van der Waals surface area contributed by atoms with Gasteiger partial charge in [0.15, 0.2) is 0 Å². The van der Waals surface area contributed by atoms with Crippen LogP contribution < -0.4 is 9.64 Å². The van der Waals surface area contributed by atoms with Crippen LogP contribution in [0.15, 0.2) is 66.2 Å². The Morgan fingerprint density at radius 3 is 2.23 bits per heavy atom. The molecule has 4 rings (SSSR count). The number of anilines is 1. The van der Waals surface area contributed by atoms with Gasteiger partial charge in [-0.15, -0.1) is 0 Å². The van der Waals surface area contributed by atoms with E-state index < -0.39 is 17.7 Å². The van der Waals surface area contributed by atoms with Crippen molar-refractivity contribution in [3.05, 3.63) is 93.5 Å². The third kappa shape index (κ3) is 4.37. The average molecular weight is 492 g/mol. The van der Waals surface area contributed by atoms with Crippen LogP contribution >= 0.6 is 11.6 Å². The fraction of sp³-hybridized carbons (Fsp3) is 0.214. The van der Waals surface area contributed by atoms with E-state index in [4.69, 9.17) is 16.3 Å². The molecule has 1 aliphatic rings. The second-order valence-electron chi connectivity index (χ2n) is 8.83. The highest BCUT2D eigenvalue weighted by Gasteiger charge is 2.47. The van der Waals surface area contributed by atoms with Crippen molar-refractivity contribution in [1.82, 2.24) is 0 Å². The van der Waals surface area contributed by atoms with Crippen molar-refractivity contribution in [1.29, 1.82) is 0 Å².